The lowest BCUT2D eigenvalue weighted by Gasteiger charge is -2.27. The number of rotatable bonds is 3. The summed E-state index contributed by atoms with van der Waals surface area (Å²) in [6, 6.07) is 0.172. The van der Waals surface area contributed by atoms with Crippen LogP contribution in [-0.4, -0.2) is 53.3 Å². The second-order valence-electron chi connectivity index (χ2n) is 3.58. The average molecular weight is 204 g/mol. The highest BCUT2D eigenvalue weighted by Crippen LogP contribution is 2.19. The van der Waals surface area contributed by atoms with Crippen LogP contribution in [0.1, 0.15) is 13.3 Å². The van der Waals surface area contributed by atoms with Crippen molar-refractivity contribution in [2.75, 3.05) is 32.0 Å². The van der Waals surface area contributed by atoms with E-state index in [1.54, 1.807) is 0 Å². The molecule has 78 valence electrons. The zero-order valence-corrected chi connectivity index (χ0v) is 9.09. The predicted octanol–water partition coefficient (Wildman–Crippen LogP) is 0.133. The fraction of sp³-hybridized carbons (Fsp3) is 1.00. The molecule has 0 amide bonds. The molecule has 1 heterocycles. The first-order valence-corrected chi connectivity index (χ1v) is 5.99. The maximum atomic E-state index is 9.11. The van der Waals surface area contributed by atoms with Crippen LogP contribution in [0.15, 0.2) is 0 Å². The molecule has 3 nitrogen and oxygen atoms in total. The molecule has 2 atom stereocenters. The maximum absolute atomic E-state index is 9.11. The molecule has 1 rings (SSSR count). The Kier molecular flexibility index (Phi) is 5.09. The van der Waals surface area contributed by atoms with Gasteiger partial charge in [-0.25, -0.2) is 0 Å². The molecule has 0 saturated carbocycles. The molecule has 1 saturated heterocycles. The number of aliphatic hydroxyl groups is 1. The van der Waals surface area contributed by atoms with Gasteiger partial charge >= 0.3 is 0 Å². The Labute approximate surface area is 84.7 Å². The summed E-state index contributed by atoms with van der Waals surface area (Å²) in [5, 5.41) is 9.86. The van der Waals surface area contributed by atoms with Gasteiger partial charge in [-0.2, -0.15) is 11.8 Å². The van der Waals surface area contributed by atoms with E-state index in [4.69, 9.17) is 10.8 Å². The lowest BCUT2D eigenvalue weighted by Crippen LogP contribution is -2.44. The Morgan fingerprint density at radius 1 is 1.62 bits per heavy atom. The third kappa shape index (κ3) is 3.46. The summed E-state index contributed by atoms with van der Waals surface area (Å²) in [5.74, 6) is 1.16. The number of nitrogens with two attached hydrogens (primary N) is 1. The average Bonchev–Trinajstić information content (AvgIpc) is 2.34. The van der Waals surface area contributed by atoms with E-state index in [1.807, 2.05) is 11.8 Å². The molecule has 0 bridgehead atoms. The smallest absolute Gasteiger partial charge is 0.0599 e. The molecule has 2 unspecified atom stereocenters. The van der Waals surface area contributed by atoms with Crippen LogP contribution >= 0.6 is 11.8 Å². The third-order valence-corrected chi connectivity index (χ3v) is 3.83. The van der Waals surface area contributed by atoms with E-state index in [1.165, 1.54) is 6.42 Å². The van der Waals surface area contributed by atoms with E-state index in [0.717, 1.165) is 24.1 Å². The predicted molar refractivity (Wildman–Crippen MR) is 58.0 cm³/mol. The van der Waals surface area contributed by atoms with Gasteiger partial charge in [-0.05, 0) is 13.0 Å². The highest BCUT2D eigenvalue weighted by atomic mass is 32.2. The summed E-state index contributed by atoms with van der Waals surface area (Å²) in [5.41, 5.74) is 5.59. The van der Waals surface area contributed by atoms with Gasteiger partial charge in [0.1, 0.15) is 0 Å². The number of aliphatic hydroxyl groups excluding tert-OH is 1. The molecule has 0 aliphatic carbocycles. The second kappa shape index (κ2) is 5.86. The monoisotopic (exact) mass is 204 g/mol. The molecule has 3 N–H and O–H groups in total. The second-order valence-corrected chi connectivity index (χ2v) is 5.12. The zero-order valence-electron chi connectivity index (χ0n) is 8.28. The van der Waals surface area contributed by atoms with Crippen molar-refractivity contribution in [3.63, 3.8) is 0 Å². The van der Waals surface area contributed by atoms with E-state index >= 15 is 0 Å². The first kappa shape index (κ1) is 11.3. The molecule has 0 aromatic carbocycles. The van der Waals surface area contributed by atoms with Crippen LogP contribution < -0.4 is 5.73 Å². The highest BCUT2D eigenvalue weighted by molar-refractivity contribution is 7.99. The summed E-state index contributed by atoms with van der Waals surface area (Å²) >= 11 is 2.02. The Bertz CT molecular complexity index is 142. The van der Waals surface area contributed by atoms with Crippen molar-refractivity contribution < 1.29 is 5.11 Å². The molecule has 0 aromatic rings. The minimum atomic E-state index is 0.172. The van der Waals surface area contributed by atoms with Crippen molar-refractivity contribution in [3.8, 4) is 0 Å². The van der Waals surface area contributed by atoms with E-state index in [9.17, 15) is 0 Å². The van der Waals surface area contributed by atoms with Gasteiger partial charge in [0.25, 0.3) is 0 Å². The summed E-state index contributed by atoms with van der Waals surface area (Å²) in [4.78, 5) is 2.32. The summed E-state index contributed by atoms with van der Waals surface area (Å²) in [6.07, 6.45) is 1.21. The van der Waals surface area contributed by atoms with Gasteiger partial charge in [0.15, 0.2) is 0 Å². The fourth-order valence-electron chi connectivity index (χ4n) is 1.62. The molecule has 4 heteroatoms. The minimum absolute atomic E-state index is 0.172. The number of nitrogens with zero attached hydrogens (tertiary/aromatic N) is 1. The Morgan fingerprint density at radius 2 is 2.38 bits per heavy atom. The quantitative estimate of drug-likeness (QED) is 0.686. The van der Waals surface area contributed by atoms with E-state index in [-0.39, 0.29) is 12.6 Å². The van der Waals surface area contributed by atoms with Crippen LogP contribution in [0.4, 0.5) is 0 Å². The van der Waals surface area contributed by atoms with Crippen LogP contribution in [0, 0.1) is 0 Å². The standard InChI is InChI=1S/C9H20N2OS/c1-8-2-3-11(4-5-13-8)9(6-10)7-12/h8-9,12H,2-7,10H2,1H3. The zero-order chi connectivity index (χ0) is 9.68. The lowest BCUT2D eigenvalue weighted by molar-refractivity contribution is 0.134. The molecular weight excluding hydrogens is 184 g/mol. The fourth-order valence-corrected chi connectivity index (χ4v) is 2.63. The van der Waals surface area contributed by atoms with Crippen molar-refractivity contribution in [1.29, 1.82) is 0 Å². The van der Waals surface area contributed by atoms with Crippen molar-refractivity contribution in [2.45, 2.75) is 24.6 Å². The molecule has 0 spiro atoms. The minimum Gasteiger partial charge on any atom is -0.395 e. The first-order valence-electron chi connectivity index (χ1n) is 4.94. The van der Waals surface area contributed by atoms with Crippen LogP contribution in [0.5, 0.6) is 0 Å². The van der Waals surface area contributed by atoms with Crippen LogP contribution in [0.3, 0.4) is 0 Å². The number of hydrogen-bond acceptors (Lipinski definition) is 4. The first-order chi connectivity index (χ1) is 6.27. The normalized spacial score (nSPS) is 28.4. The highest BCUT2D eigenvalue weighted by Gasteiger charge is 2.19. The van der Waals surface area contributed by atoms with Gasteiger partial charge < -0.3 is 10.8 Å². The number of hydrogen-bond donors (Lipinski definition) is 2. The SMILES string of the molecule is CC1CCN(C(CN)CO)CCS1. The van der Waals surface area contributed by atoms with Crippen molar-refractivity contribution >= 4 is 11.8 Å². The van der Waals surface area contributed by atoms with Crippen LogP contribution in [0.25, 0.3) is 0 Å². The van der Waals surface area contributed by atoms with Gasteiger partial charge in [-0.15, -0.1) is 0 Å². The van der Waals surface area contributed by atoms with E-state index in [2.05, 4.69) is 11.8 Å². The van der Waals surface area contributed by atoms with Crippen molar-refractivity contribution in [3.05, 3.63) is 0 Å². The Hall–Kier alpha value is 0.230. The van der Waals surface area contributed by atoms with E-state index < -0.39 is 0 Å². The molecule has 1 aliphatic heterocycles. The van der Waals surface area contributed by atoms with E-state index in [0.29, 0.717) is 6.54 Å². The topological polar surface area (TPSA) is 49.5 Å². The largest absolute Gasteiger partial charge is 0.395 e. The Morgan fingerprint density at radius 3 is 3.00 bits per heavy atom. The maximum Gasteiger partial charge on any atom is 0.0599 e. The molecule has 13 heavy (non-hydrogen) atoms. The van der Waals surface area contributed by atoms with Crippen molar-refractivity contribution in [1.82, 2.24) is 4.90 Å². The van der Waals surface area contributed by atoms with Gasteiger partial charge in [0.2, 0.25) is 0 Å². The molecule has 1 fully saturated rings. The molecular formula is C9H20N2OS. The van der Waals surface area contributed by atoms with Crippen LogP contribution in [0.2, 0.25) is 0 Å². The summed E-state index contributed by atoms with van der Waals surface area (Å²) in [6.45, 7) is 5.17. The van der Waals surface area contributed by atoms with Gasteiger partial charge in [0.05, 0.1) is 6.61 Å². The summed E-state index contributed by atoms with van der Waals surface area (Å²) in [7, 11) is 0. The van der Waals surface area contributed by atoms with Crippen LogP contribution in [-0.2, 0) is 0 Å². The summed E-state index contributed by atoms with van der Waals surface area (Å²) < 4.78 is 0. The van der Waals surface area contributed by atoms with Gasteiger partial charge in [-0.1, -0.05) is 6.92 Å². The number of thioether (sulfide) groups is 1. The molecule has 1 aliphatic rings. The molecule has 0 radical (unpaired) electrons. The van der Waals surface area contributed by atoms with Gasteiger partial charge in [0, 0.05) is 30.1 Å². The molecule has 0 aromatic heterocycles. The Balaban J connectivity index is 2.40. The third-order valence-electron chi connectivity index (χ3n) is 2.60. The van der Waals surface area contributed by atoms with Gasteiger partial charge in [-0.3, -0.25) is 4.90 Å². The van der Waals surface area contributed by atoms with Crippen molar-refractivity contribution in [2.24, 2.45) is 5.73 Å². The lowest BCUT2D eigenvalue weighted by atomic mass is 10.2.